The molecule has 3 heterocycles. The van der Waals surface area contributed by atoms with E-state index in [0.717, 1.165) is 30.7 Å². The minimum atomic E-state index is -0.0576. The number of nitrogens with one attached hydrogen (secondary N) is 3. The van der Waals surface area contributed by atoms with E-state index in [-0.39, 0.29) is 35.4 Å². The Morgan fingerprint density at radius 1 is 1.03 bits per heavy atom. The zero-order valence-electron chi connectivity index (χ0n) is 22.2. The number of aromatic nitrogens is 2. The zero-order valence-corrected chi connectivity index (χ0v) is 23.1. The molecule has 10 heteroatoms. The van der Waals surface area contributed by atoms with Crippen LogP contribution in [0.15, 0.2) is 24.3 Å². The minimum absolute atomic E-state index is 0.0329. The molecule has 1 aliphatic carbocycles. The van der Waals surface area contributed by atoms with Gasteiger partial charge in [-0.1, -0.05) is 12.5 Å². The molecule has 2 amide bonds. The quantitative estimate of drug-likeness (QED) is 0.134. The number of benzene rings is 1. The number of hydrogen-bond donors (Lipinski definition) is 4. The van der Waals surface area contributed by atoms with E-state index in [1.54, 1.807) is 12.1 Å². The maximum atomic E-state index is 12.5. The monoisotopic (exact) mass is 554 g/mol. The topological polar surface area (TPSA) is 133 Å². The zero-order chi connectivity index (χ0) is 27.2. The number of ketones is 2. The number of nitrogens with zero attached hydrogens (tertiary/aromatic N) is 1. The van der Waals surface area contributed by atoms with Gasteiger partial charge in [0.2, 0.25) is 0 Å². The largest absolute Gasteiger partial charge is 0.507 e. The number of aromatic hydroxyl groups is 1. The van der Waals surface area contributed by atoms with Gasteiger partial charge in [-0.25, -0.2) is 4.79 Å². The lowest BCUT2D eigenvalue weighted by Crippen LogP contribution is -2.36. The molecule has 0 spiro atoms. The highest BCUT2D eigenvalue weighted by atomic mass is 32.2. The van der Waals surface area contributed by atoms with Crippen molar-refractivity contribution in [3.05, 3.63) is 35.5 Å². The summed E-state index contributed by atoms with van der Waals surface area (Å²) in [5, 5.41) is 24.2. The van der Waals surface area contributed by atoms with Crippen molar-refractivity contribution in [2.45, 2.75) is 87.5 Å². The van der Waals surface area contributed by atoms with Gasteiger partial charge in [-0.3, -0.25) is 14.7 Å². The van der Waals surface area contributed by atoms with Gasteiger partial charge >= 0.3 is 6.03 Å². The molecule has 39 heavy (non-hydrogen) atoms. The molecule has 1 aromatic carbocycles. The van der Waals surface area contributed by atoms with Crippen LogP contribution < -0.4 is 10.6 Å². The van der Waals surface area contributed by atoms with E-state index in [4.69, 9.17) is 4.74 Å². The first-order valence-electron chi connectivity index (χ1n) is 14.2. The number of amides is 2. The van der Waals surface area contributed by atoms with Crippen LogP contribution in [0.2, 0.25) is 0 Å². The van der Waals surface area contributed by atoms with Crippen LogP contribution in [-0.2, 0) is 9.53 Å². The molecule has 2 aromatic rings. The van der Waals surface area contributed by atoms with Crippen LogP contribution in [0.1, 0.15) is 86.2 Å². The Balaban J connectivity index is 0.898. The number of fused-ring (bicyclic) bond motifs is 1. The Bertz CT molecular complexity index is 1180. The number of hydrogen-bond acceptors (Lipinski definition) is 7. The van der Waals surface area contributed by atoms with Crippen LogP contribution in [0.4, 0.5) is 4.79 Å². The smallest absolute Gasteiger partial charge is 0.315 e. The Hall–Kier alpha value is -2.85. The summed E-state index contributed by atoms with van der Waals surface area (Å²) in [6, 6.07) is 7.40. The molecule has 210 valence electrons. The molecule has 4 N–H and O–H groups in total. The lowest BCUT2D eigenvalue weighted by Gasteiger charge is -2.16. The van der Waals surface area contributed by atoms with Crippen molar-refractivity contribution in [2.75, 3.05) is 19.0 Å². The molecule has 3 fully saturated rings. The Morgan fingerprint density at radius 2 is 1.82 bits per heavy atom. The fourth-order valence-electron chi connectivity index (χ4n) is 5.39. The van der Waals surface area contributed by atoms with Crippen LogP contribution in [-0.4, -0.2) is 69.2 Å². The van der Waals surface area contributed by atoms with Crippen LogP contribution in [0, 0.1) is 0 Å². The number of rotatable bonds is 16. The van der Waals surface area contributed by atoms with Crippen molar-refractivity contribution in [1.82, 2.24) is 20.8 Å². The number of Topliss-reactive ketones (excluding diaryl/α,β-unsaturated/α-hetero) is 2. The van der Waals surface area contributed by atoms with Gasteiger partial charge in [-0.05, 0) is 56.7 Å². The van der Waals surface area contributed by atoms with Crippen molar-refractivity contribution in [1.29, 1.82) is 0 Å². The third-order valence-corrected chi connectivity index (χ3v) is 9.29. The second-order valence-corrected chi connectivity index (χ2v) is 12.1. The summed E-state index contributed by atoms with van der Waals surface area (Å²) in [7, 11) is 0. The molecule has 5 rings (SSSR count). The van der Waals surface area contributed by atoms with Gasteiger partial charge in [0.05, 0.1) is 17.8 Å². The molecule has 0 bridgehead atoms. The molecule has 0 radical (unpaired) electrons. The second-order valence-electron chi connectivity index (χ2n) is 10.9. The van der Waals surface area contributed by atoms with Crippen molar-refractivity contribution >= 4 is 29.4 Å². The van der Waals surface area contributed by atoms with Gasteiger partial charge in [0, 0.05) is 66.2 Å². The highest BCUT2D eigenvalue weighted by Crippen LogP contribution is 2.40. The summed E-state index contributed by atoms with van der Waals surface area (Å²) in [6.45, 7) is 0.976. The summed E-state index contributed by atoms with van der Waals surface area (Å²) in [5.41, 5.74) is 2.89. The average Bonchev–Trinajstić information content (AvgIpc) is 3.36. The summed E-state index contributed by atoms with van der Waals surface area (Å²) < 4.78 is 5.63. The third-order valence-electron chi connectivity index (χ3n) is 7.78. The van der Waals surface area contributed by atoms with E-state index in [1.807, 2.05) is 17.8 Å². The maximum absolute atomic E-state index is 12.5. The average molecular weight is 555 g/mol. The van der Waals surface area contributed by atoms with E-state index >= 15 is 0 Å². The van der Waals surface area contributed by atoms with Crippen LogP contribution in [0.5, 0.6) is 5.75 Å². The predicted octanol–water partition coefficient (Wildman–Crippen LogP) is 4.71. The van der Waals surface area contributed by atoms with Crippen molar-refractivity contribution in [3.8, 4) is 17.0 Å². The van der Waals surface area contributed by atoms with E-state index in [9.17, 15) is 19.5 Å². The molecule has 1 saturated carbocycles. The number of phenols is 1. The number of phenolic OH excluding ortho intramolecular Hbond substituents is 1. The molecule has 1 aromatic heterocycles. The number of carbonyl (C=O) groups excluding carboxylic acids is 3. The molecule has 9 nitrogen and oxygen atoms in total. The number of urea groups is 1. The number of thioether (sulfide) groups is 1. The van der Waals surface area contributed by atoms with E-state index < -0.39 is 0 Å². The Morgan fingerprint density at radius 3 is 2.62 bits per heavy atom. The van der Waals surface area contributed by atoms with Crippen molar-refractivity contribution in [2.24, 2.45) is 0 Å². The van der Waals surface area contributed by atoms with Gasteiger partial charge in [-0.2, -0.15) is 16.9 Å². The van der Waals surface area contributed by atoms with E-state index in [0.29, 0.717) is 73.3 Å². The van der Waals surface area contributed by atoms with Gasteiger partial charge in [0.25, 0.3) is 0 Å². The van der Waals surface area contributed by atoms with Gasteiger partial charge in [-0.15, -0.1) is 0 Å². The molecule has 1 unspecified atom stereocenters. The highest BCUT2D eigenvalue weighted by Gasteiger charge is 2.42. The van der Waals surface area contributed by atoms with Crippen LogP contribution in [0.3, 0.4) is 0 Å². The summed E-state index contributed by atoms with van der Waals surface area (Å²) in [6.07, 6.45) is 8.00. The number of unbranched alkanes of at least 4 members (excludes halogenated alkanes) is 1. The number of ether oxygens (including phenoxy) is 1. The Kier molecular flexibility index (Phi) is 9.24. The predicted molar refractivity (Wildman–Crippen MR) is 150 cm³/mol. The van der Waals surface area contributed by atoms with E-state index in [1.165, 1.54) is 18.9 Å². The van der Waals surface area contributed by atoms with Gasteiger partial charge < -0.3 is 20.5 Å². The molecule has 2 saturated heterocycles. The Labute approximate surface area is 233 Å². The molecular formula is C29H38N4O5S. The summed E-state index contributed by atoms with van der Waals surface area (Å²) in [5.74, 6) is 1.81. The standard InChI is InChI=1S/C29H38N4O5S/c34-20(5-1-2-8-27-28-24(17-39-27)30-29(37)31-28)6-3-13-38-14-4-7-25(35)19-11-12-21(26(36)15-19)23-16-22(32-33-23)18-9-10-18/h11-12,15-16,18,24,27-28,36H,1-10,13-14,17H2,(H,32,33)(H2,30,31,37)/t24-,27?,28-/m0/s1. The molecule has 3 atom stereocenters. The fraction of sp³-hybridized carbons (Fsp3) is 0.586. The van der Waals surface area contributed by atoms with Crippen molar-refractivity contribution < 1.29 is 24.2 Å². The number of aromatic amines is 1. The minimum Gasteiger partial charge on any atom is -0.507 e. The maximum Gasteiger partial charge on any atom is 0.315 e. The highest BCUT2D eigenvalue weighted by molar-refractivity contribution is 8.00. The van der Waals surface area contributed by atoms with Crippen LogP contribution >= 0.6 is 11.8 Å². The normalized spacial score (nSPS) is 21.9. The first-order valence-corrected chi connectivity index (χ1v) is 15.2. The second kappa shape index (κ2) is 13.0. The first kappa shape index (κ1) is 27.7. The molecular weight excluding hydrogens is 516 g/mol. The fourth-order valence-corrected chi connectivity index (χ4v) is 6.93. The SMILES string of the molecule is O=C(CCCCC1SC[C@@H]2NC(=O)N[C@H]12)CCCOCCCC(=O)c1ccc(-c2cc(C3CC3)[nH]n2)c(O)c1. The lowest BCUT2D eigenvalue weighted by atomic mass is 10.0. The van der Waals surface area contributed by atoms with E-state index in [2.05, 4.69) is 20.8 Å². The van der Waals surface area contributed by atoms with Crippen LogP contribution in [0.25, 0.3) is 11.3 Å². The summed E-state index contributed by atoms with van der Waals surface area (Å²) in [4.78, 5) is 36.2. The lowest BCUT2D eigenvalue weighted by molar-refractivity contribution is -0.119. The third kappa shape index (κ3) is 7.42. The summed E-state index contributed by atoms with van der Waals surface area (Å²) >= 11 is 1.91. The van der Waals surface area contributed by atoms with Gasteiger partial charge in [0.15, 0.2) is 5.78 Å². The number of H-pyrrole nitrogens is 1. The molecule has 3 aliphatic rings. The van der Waals surface area contributed by atoms with Crippen molar-refractivity contribution in [3.63, 3.8) is 0 Å². The molecule has 2 aliphatic heterocycles. The number of carbonyl (C=O) groups is 3. The first-order chi connectivity index (χ1) is 19.0. The van der Waals surface area contributed by atoms with Gasteiger partial charge in [0.1, 0.15) is 11.5 Å².